The summed E-state index contributed by atoms with van der Waals surface area (Å²) in [6.45, 7) is 1.82. The van der Waals surface area contributed by atoms with Crippen molar-refractivity contribution in [1.82, 2.24) is 4.72 Å². The van der Waals surface area contributed by atoms with Gasteiger partial charge >= 0.3 is 6.36 Å². The standard InChI is InChI=1S/C15H13ClF3NO3S/c1-10-2-3-11(8-14(10)16)9-20-24(21,22)13-6-4-12(5-7-13)23-15(17,18)19/h2-8,20H,9H2,1H3. The van der Waals surface area contributed by atoms with Crippen molar-refractivity contribution in [1.29, 1.82) is 0 Å². The maximum Gasteiger partial charge on any atom is 0.573 e. The number of ether oxygens (including phenoxy) is 1. The quantitative estimate of drug-likeness (QED) is 0.853. The molecule has 0 spiro atoms. The van der Waals surface area contributed by atoms with Crippen LogP contribution in [0.4, 0.5) is 13.2 Å². The van der Waals surface area contributed by atoms with Gasteiger partial charge in [0.2, 0.25) is 10.0 Å². The van der Waals surface area contributed by atoms with Crippen LogP contribution in [-0.4, -0.2) is 14.8 Å². The fourth-order valence-electron chi connectivity index (χ4n) is 1.83. The average Bonchev–Trinajstić information content (AvgIpc) is 2.47. The molecular formula is C15H13ClF3NO3S. The van der Waals surface area contributed by atoms with E-state index < -0.39 is 22.1 Å². The minimum Gasteiger partial charge on any atom is -0.406 e. The van der Waals surface area contributed by atoms with E-state index >= 15 is 0 Å². The van der Waals surface area contributed by atoms with Gasteiger partial charge in [0.15, 0.2) is 0 Å². The minimum absolute atomic E-state index is 0.00311. The molecule has 0 saturated carbocycles. The Morgan fingerprint density at radius 3 is 2.29 bits per heavy atom. The maximum absolute atomic E-state index is 12.1. The van der Waals surface area contributed by atoms with Gasteiger partial charge in [0, 0.05) is 11.6 Å². The van der Waals surface area contributed by atoms with Crippen LogP contribution in [0.5, 0.6) is 5.75 Å². The highest BCUT2D eigenvalue weighted by Crippen LogP contribution is 2.24. The number of rotatable bonds is 5. The van der Waals surface area contributed by atoms with Gasteiger partial charge in [-0.25, -0.2) is 13.1 Å². The largest absolute Gasteiger partial charge is 0.573 e. The van der Waals surface area contributed by atoms with Gasteiger partial charge in [0.25, 0.3) is 0 Å². The van der Waals surface area contributed by atoms with Gasteiger partial charge in [-0.1, -0.05) is 23.7 Å². The van der Waals surface area contributed by atoms with E-state index in [1.54, 1.807) is 18.2 Å². The van der Waals surface area contributed by atoms with E-state index in [1.165, 1.54) is 0 Å². The predicted octanol–water partition coefficient (Wildman–Crippen LogP) is 4.03. The number of hydrogen-bond donors (Lipinski definition) is 1. The fraction of sp³-hybridized carbons (Fsp3) is 0.200. The Hall–Kier alpha value is -1.77. The lowest BCUT2D eigenvalue weighted by molar-refractivity contribution is -0.274. The third-order valence-corrected chi connectivity index (χ3v) is 4.89. The van der Waals surface area contributed by atoms with Crippen molar-refractivity contribution in [3.05, 3.63) is 58.6 Å². The summed E-state index contributed by atoms with van der Waals surface area (Å²) in [7, 11) is -3.87. The van der Waals surface area contributed by atoms with Gasteiger partial charge in [0.05, 0.1) is 4.90 Å². The summed E-state index contributed by atoms with van der Waals surface area (Å²) in [6, 6.07) is 9.06. The molecule has 4 nitrogen and oxygen atoms in total. The summed E-state index contributed by atoms with van der Waals surface area (Å²) in [4.78, 5) is -0.171. The Balaban J connectivity index is 2.08. The molecule has 2 rings (SSSR count). The van der Waals surface area contributed by atoms with Crippen LogP contribution in [0.2, 0.25) is 5.02 Å². The molecular weight excluding hydrogens is 367 g/mol. The molecule has 130 valence electrons. The Bertz CT molecular complexity index is 821. The SMILES string of the molecule is Cc1ccc(CNS(=O)(=O)c2ccc(OC(F)(F)F)cc2)cc1Cl. The van der Waals surface area contributed by atoms with E-state index in [0.29, 0.717) is 10.6 Å². The lowest BCUT2D eigenvalue weighted by Gasteiger charge is -2.10. The number of hydrogen-bond acceptors (Lipinski definition) is 3. The van der Waals surface area contributed by atoms with Crippen molar-refractivity contribution in [2.45, 2.75) is 24.7 Å². The topological polar surface area (TPSA) is 55.4 Å². The van der Waals surface area contributed by atoms with Gasteiger partial charge in [-0.3, -0.25) is 0 Å². The van der Waals surface area contributed by atoms with Crippen LogP contribution in [0.15, 0.2) is 47.4 Å². The molecule has 0 aliphatic rings. The van der Waals surface area contributed by atoms with Crippen LogP contribution in [0.1, 0.15) is 11.1 Å². The molecule has 9 heteroatoms. The van der Waals surface area contributed by atoms with Crippen LogP contribution < -0.4 is 9.46 Å². The lowest BCUT2D eigenvalue weighted by atomic mass is 10.1. The van der Waals surface area contributed by atoms with Crippen molar-refractivity contribution in [3.8, 4) is 5.75 Å². The second-order valence-corrected chi connectivity index (χ2v) is 7.10. The molecule has 0 radical (unpaired) electrons. The molecule has 0 aromatic heterocycles. The second-order valence-electron chi connectivity index (χ2n) is 4.93. The minimum atomic E-state index is -4.83. The zero-order chi connectivity index (χ0) is 18.0. The van der Waals surface area contributed by atoms with Crippen LogP contribution in [-0.2, 0) is 16.6 Å². The molecule has 24 heavy (non-hydrogen) atoms. The number of benzene rings is 2. The Morgan fingerprint density at radius 1 is 1.12 bits per heavy atom. The lowest BCUT2D eigenvalue weighted by Crippen LogP contribution is -2.23. The van der Waals surface area contributed by atoms with Gasteiger partial charge in [-0.05, 0) is 48.4 Å². The zero-order valence-electron chi connectivity index (χ0n) is 12.4. The number of aryl methyl sites for hydroxylation is 1. The smallest absolute Gasteiger partial charge is 0.406 e. The monoisotopic (exact) mass is 379 g/mol. The highest BCUT2D eigenvalue weighted by Gasteiger charge is 2.31. The third kappa shape index (κ3) is 5.12. The first-order valence-electron chi connectivity index (χ1n) is 6.67. The summed E-state index contributed by atoms with van der Waals surface area (Å²) in [5.74, 6) is -0.494. The predicted molar refractivity (Wildman–Crippen MR) is 83.3 cm³/mol. The van der Waals surface area contributed by atoms with E-state index in [1.807, 2.05) is 6.92 Å². The Morgan fingerprint density at radius 2 is 1.75 bits per heavy atom. The molecule has 0 saturated heterocycles. The van der Waals surface area contributed by atoms with E-state index in [2.05, 4.69) is 9.46 Å². The summed E-state index contributed by atoms with van der Waals surface area (Å²) in [5.41, 5.74) is 1.52. The molecule has 0 fully saturated rings. The highest BCUT2D eigenvalue weighted by atomic mass is 35.5. The van der Waals surface area contributed by atoms with Crippen molar-refractivity contribution >= 4 is 21.6 Å². The van der Waals surface area contributed by atoms with E-state index in [0.717, 1.165) is 29.8 Å². The van der Waals surface area contributed by atoms with Gasteiger partial charge in [-0.2, -0.15) is 0 Å². The number of halogens is 4. The summed E-state index contributed by atoms with van der Waals surface area (Å²) >= 11 is 5.97. The van der Waals surface area contributed by atoms with Crippen LogP contribution in [0.25, 0.3) is 0 Å². The second kappa shape index (κ2) is 7.00. The maximum atomic E-state index is 12.1. The summed E-state index contributed by atoms with van der Waals surface area (Å²) in [6.07, 6.45) is -4.83. The molecule has 0 heterocycles. The molecule has 2 aromatic carbocycles. The molecule has 0 amide bonds. The summed E-state index contributed by atoms with van der Waals surface area (Å²) in [5, 5.41) is 0.514. The van der Waals surface area contributed by atoms with Crippen LogP contribution in [0.3, 0.4) is 0 Å². The molecule has 0 atom stereocenters. The molecule has 0 unspecified atom stereocenters. The van der Waals surface area contributed by atoms with E-state index in [-0.39, 0.29) is 11.4 Å². The van der Waals surface area contributed by atoms with Crippen molar-refractivity contribution in [3.63, 3.8) is 0 Å². The van der Waals surface area contributed by atoms with Crippen molar-refractivity contribution in [2.75, 3.05) is 0 Å². The number of alkyl halides is 3. The van der Waals surface area contributed by atoms with Gasteiger partial charge in [0.1, 0.15) is 5.75 Å². The first-order chi connectivity index (χ1) is 11.1. The molecule has 0 bridgehead atoms. The number of nitrogens with one attached hydrogen (secondary N) is 1. The van der Waals surface area contributed by atoms with E-state index in [4.69, 9.17) is 11.6 Å². The van der Waals surface area contributed by atoms with Crippen LogP contribution >= 0.6 is 11.6 Å². The fourth-order valence-corrected chi connectivity index (χ4v) is 3.05. The number of sulfonamides is 1. The normalized spacial score (nSPS) is 12.2. The molecule has 1 N–H and O–H groups in total. The molecule has 2 aromatic rings. The first-order valence-corrected chi connectivity index (χ1v) is 8.53. The van der Waals surface area contributed by atoms with Gasteiger partial charge < -0.3 is 4.74 Å². The molecule has 0 aliphatic carbocycles. The van der Waals surface area contributed by atoms with Crippen molar-refractivity contribution in [2.24, 2.45) is 0 Å². The first kappa shape index (κ1) is 18.6. The highest BCUT2D eigenvalue weighted by molar-refractivity contribution is 7.89. The zero-order valence-corrected chi connectivity index (χ0v) is 14.0. The Labute approximate surface area is 142 Å². The average molecular weight is 380 g/mol. The summed E-state index contributed by atoms with van der Waals surface area (Å²) < 4.78 is 66.6. The van der Waals surface area contributed by atoms with E-state index in [9.17, 15) is 21.6 Å². The third-order valence-electron chi connectivity index (χ3n) is 3.07. The van der Waals surface area contributed by atoms with Gasteiger partial charge in [-0.15, -0.1) is 13.2 Å². The Kier molecular flexibility index (Phi) is 5.42. The van der Waals surface area contributed by atoms with Crippen molar-refractivity contribution < 1.29 is 26.3 Å². The molecule has 0 aliphatic heterocycles. The van der Waals surface area contributed by atoms with Crippen LogP contribution in [0, 0.1) is 6.92 Å².